The SMILES string of the molecule is CC(I)(C(=O)OC1C=C2C=CC1=CC2CC(O)(C(F)(F)F)C(F)(F)F)C12NI1N2. The molecule has 5 rings (SSSR count). The van der Waals surface area contributed by atoms with E-state index in [1.54, 1.807) is 6.92 Å². The van der Waals surface area contributed by atoms with Gasteiger partial charge in [-0.3, -0.25) is 0 Å². The second kappa shape index (κ2) is 6.32. The van der Waals surface area contributed by atoms with Gasteiger partial charge in [0, 0.05) is 0 Å². The molecule has 0 aromatic rings. The van der Waals surface area contributed by atoms with Crippen LogP contribution in [0.15, 0.2) is 35.5 Å². The summed E-state index contributed by atoms with van der Waals surface area (Å²) >= 11 is 0.540. The van der Waals surface area contributed by atoms with Crippen LogP contribution in [-0.4, -0.2) is 42.2 Å². The molecular weight excluding hydrogens is 636 g/mol. The molecule has 0 saturated carbocycles. The summed E-state index contributed by atoms with van der Waals surface area (Å²) in [4.78, 5) is 12.6. The first kappa shape index (κ1) is 21.8. The Labute approximate surface area is 182 Å². The molecule has 2 bridgehead atoms. The summed E-state index contributed by atoms with van der Waals surface area (Å²) in [5, 5.41) is 9.46. The van der Waals surface area contributed by atoms with Gasteiger partial charge in [0.15, 0.2) is 0 Å². The number of esters is 1. The van der Waals surface area contributed by atoms with Crippen LogP contribution in [0.5, 0.6) is 0 Å². The first-order valence-electron chi connectivity index (χ1n) is 8.25. The molecule has 5 nitrogen and oxygen atoms in total. The molecule has 2 saturated heterocycles. The number of carbonyl (C=O) groups is 1. The van der Waals surface area contributed by atoms with Crippen molar-refractivity contribution < 1.29 is 41.0 Å². The molecule has 3 N–H and O–H groups in total. The number of hydrogen-bond acceptors (Lipinski definition) is 5. The monoisotopic (exact) mass is 650 g/mol. The summed E-state index contributed by atoms with van der Waals surface area (Å²) in [6.45, 7) is 1.70. The first-order valence-corrected chi connectivity index (χ1v) is 12.6. The van der Waals surface area contributed by atoms with Crippen molar-refractivity contribution in [3.05, 3.63) is 35.5 Å². The number of nitrogens with one attached hydrogen (secondary N) is 2. The number of rotatable bonds is 5. The van der Waals surface area contributed by atoms with E-state index < -0.39 is 66.2 Å². The molecule has 0 radical (unpaired) electrons. The van der Waals surface area contributed by atoms with Gasteiger partial charge in [0.25, 0.3) is 0 Å². The summed E-state index contributed by atoms with van der Waals surface area (Å²) in [5.41, 5.74) is -4.44. The van der Waals surface area contributed by atoms with Crippen LogP contribution in [0.3, 0.4) is 0 Å². The van der Waals surface area contributed by atoms with Gasteiger partial charge in [-0.1, -0.05) is 0 Å². The van der Waals surface area contributed by atoms with Gasteiger partial charge in [0.05, 0.1) is 0 Å². The predicted octanol–water partition coefficient (Wildman–Crippen LogP) is 3.59. The van der Waals surface area contributed by atoms with Crippen LogP contribution in [0.4, 0.5) is 26.3 Å². The average Bonchev–Trinajstić information content (AvgIpc) is 3.44. The standard InChI is InChI=1S/C16H14F6I2N2O3/c1-12(23,16-24(25-16)26-16)11(27)29-10-5-7-2-3-8(10)4-9(7)6-13(28,14(17,18)19)15(20,21)22/h2-5,9-10,25-26,28H,6H2,1H3. The summed E-state index contributed by atoms with van der Waals surface area (Å²) in [7, 11) is 0. The fourth-order valence-electron chi connectivity index (χ4n) is 3.28. The maximum absolute atomic E-state index is 13.0. The molecule has 0 amide bonds. The number of alkyl halides is 8. The Balaban J connectivity index is 1.50. The van der Waals surface area contributed by atoms with E-state index in [0.717, 1.165) is 0 Å². The average molecular weight is 650 g/mol. The van der Waals surface area contributed by atoms with Crippen molar-refractivity contribution in [2.75, 3.05) is 0 Å². The Kier molecular flexibility index (Phi) is 4.76. The Morgan fingerprint density at radius 3 is 2.10 bits per heavy atom. The number of carbonyl (C=O) groups excluding carboxylic acids is 1. The molecule has 162 valence electrons. The number of hydrogen-bond donors (Lipinski definition) is 3. The van der Waals surface area contributed by atoms with E-state index >= 15 is 0 Å². The molecule has 3 aliphatic carbocycles. The van der Waals surface area contributed by atoms with Crippen molar-refractivity contribution >= 4 is 48.9 Å². The normalized spacial score (nSPS) is 30.2. The van der Waals surface area contributed by atoms with Gasteiger partial charge >= 0.3 is 183 Å². The molecule has 0 spiro atoms. The van der Waals surface area contributed by atoms with Gasteiger partial charge in [-0.15, -0.1) is 0 Å². The molecule has 3 atom stereocenters. The third-order valence-electron chi connectivity index (χ3n) is 5.34. The summed E-state index contributed by atoms with van der Waals surface area (Å²) in [6, 6.07) is 0. The van der Waals surface area contributed by atoms with E-state index in [1.165, 1.54) is 24.3 Å². The fourth-order valence-corrected chi connectivity index (χ4v) is 11.0. The summed E-state index contributed by atoms with van der Waals surface area (Å²) in [5.74, 6) is -1.84. The van der Waals surface area contributed by atoms with Gasteiger partial charge < -0.3 is 0 Å². The van der Waals surface area contributed by atoms with Crippen LogP contribution in [-0.2, 0) is 9.53 Å². The van der Waals surface area contributed by atoms with Crippen molar-refractivity contribution in [2.24, 2.45) is 5.92 Å². The van der Waals surface area contributed by atoms with Crippen molar-refractivity contribution in [2.45, 2.75) is 44.5 Å². The van der Waals surface area contributed by atoms with Crippen molar-refractivity contribution in [3.63, 3.8) is 0 Å². The molecule has 13 heteroatoms. The second-order valence-corrected chi connectivity index (χ2v) is 13.8. The zero-order chi connectivity index (χ0) is 21.6. The number of aliphatic hydroxyl groups is 1. The fraction of sp³-hybridized carbons (Fsp3) is 0.562. The molecular formula is C16H14F6I2N2O3. The second-order valence-electron chi connectivity index (χ2n) is 7.29. The Morgan fingerprint density at radius 1 is 1.17 bits per heavy atom. The van der Waals surface area contributed by atoms with Crippen LogP contribution < -0.4 is 7.06 Å². The number of fused-ring (bicyclic) bond motifs is 3. The molecule has 0 aromatic carbocycles. The summed E-state index contributed by atoms with van der Waals surface area (Å²) in [6.07, 6.45) is -8.90. The van der Waals surface area contributed by atoms with Crippen LogP contribution in [0.2, 0.25) is 0 Å². The van der Waals surface area contributed by atoms with Crippen LogP contribution in [0, 0.1) is 5.92 Å². The minimum absolute atomic E-state index is 0.126. The first-order chi connectivity index (χ1) is 13.1. The van der Waals surface area contributed by atoms with E-state index in [1.807, 2.05) is 22.6 Å². The predicted molar refractivity (Wildman–Crippen MR) is 106 cm³/mol. The van der Waals surface area contributed by atoms with Gasteiger partial charge in [0.1, 0.15) is 0 Å². The zero-order valence-electron chi connectivity index (χ0n) is 14.5. The minimum atomic E-state index is -5.88. The van der Waals surface area contributed by atoms with E-state index in [-0.39, 0.29) is 14.8 Å². The third-order valence-corrected chi connectivity index (χ3v) is 12.5. The third kappa shape index (κ3) is 3.25. The number of halogens is 8. The quantitative estimate of drug-likeness (QED) is 0.0806. The summed E-state index contributed by atoms with van der Waals surface area (Å²) < 4.78 is 88.6. The Hall–Kier alpha value is -0.390. The number of ether oxygens (including phenoxy) is 1. The topological polar surface area (TPSA) is 90.4 Å². The molecule has 5 aliphatic rings. The molecule has 2 aliphatic heterocycles. The van der Waals surface area contributed by atoms with E-state index in [2.05, 4.69) is 7.06 Å². The van der Waals surface area contributed by atoms with E-state index in [4.69, 9.17) is 4.74 Å². The van der Waals surface area contributed by atoms with E-state index in [0.29, 0.717) is 0 Å². The van der Waals surface area contributed by atoms with Gasteiger partial charge in [0.2, 0.25) is 0 Å². The van der Waals surface area contributed by atoms with Crippen molar-refractivity contribution in [3.8, 4) is 0 Å². The molecule has 29 heavy (non-hydrogen) atoms. The van der Waals surface area contributed by atoms with Gasteiger partial charge in [-0.25, -0.2) is 0 Å². The Bertz CT molecular complexity index is 844. The van der Waals surface area contributed by atoms with Crippen molar-refractivity contribution in [1.82, 2.24) is 7.06 Å². The van der Waals surface area contributed by atoms with E-state index in [9.17, 15) is 36.2 Å². The maximum atomic E-state index is 13.0. The van der Waals surface area contributed by atoms with Crippen LogP contribution in [0.1, 0.15) is 13.3 Å². The molecule has 2 heterocycles. The van der Waals surface area contributed by atoms with Gasteiger partial charge in [-0.2, -0.15) is 0 Å². The van der Waals surface area contributed by atoms with Crippen molar-refractivity contribution in [1.29, 1.82) is 0 Å². The molecule has 3 unspecified atom stereocenters. The molecule has 2 fully saturated rings. The Morgan fingerprint density at radius 2 is 1.69 bits per heavy atom. The van der Waals surface area contributed by atoms with Crippen LogP contribution >= 0.6 is 43.0 Å². The number of allylic oxidation sites excluding steroid dienone is 3. The zero-order valence-corrected chi connectivity index (χ0v) is 18.8. The van der Waals surface area contributed by atoms with Gasteiger partial charge in [-0.05, 0) is 0 Å². The molecule has 0 aromatic heterocycles. The van der Waals surface area contributed by atoms with Crippen LogP contribution in [0.25, 0.3) is 0 Å².